The van der Waals surface area contributed by atoms with Crippen LogP contribution in [0.25, 0.3) is 0 Å². The van der Waals surface area contributed by atoms with E-state index in [1.54, 1.807) is 12.3 Å². The van der Waals surface area contributed by atoms with Crippen LogP contribution in [0, 0.1) is 11.6 Å². The van der Waals surface area contributed by atoms with Gasteiger partial charge in [0.25, 0.3) is 0 Å². The fourth-order valence-electron chi connectivity index (χ4n) is 2.88. The number of hydrogen-bond acceptors (Lipinski definition) is 4. The third kappa shape index (κ3) is 3.72. The highest BCUT2D eigenvalue weighted by atomic mass is 79.9. The highest BCUT2D eigenvalue weighted by Crippen LogP contribution is 2.34. The first kappa shape index (κ1) is 16.4. The Morgan fingerprint density at radius 2 is 2.00 bits per heavy atom. The monoisotopic (exact) mass is 385 g/mol. The van der Waals surface area contributed by atoms with E-state index in [4.69, 9.17) is 4.52 Å². The molecule has 7 heteroatoms. The summed E-state index contributed by atoms with van der Waals surface area (Å²) in [6, 6.07) is 2.95. The maximum Gasteiger partial charge on any atom is 0.182 e. The molecule has 0 radical (unpaired) electrons. The zero-order chi connectivity index (χ0) is 16.2. The Balaban J connectivity index is 1.83. The highest BCUT2D eigenvalue weighted by Gasteiger charge is 2.23. The number of hydrogen-bond donors (Lipinski definition) is 1. The van der Waals surface area contributed by atoms with E-state index in [9.17, 15) is 8.78 Å². The second-order valence-corrected chi connectivity index (χ2v) is 6.47. The summed E-state index contributed by atoms with van der Waals surface area (Å²) in [6.07, 6.45) is 4.70. The van der Waals surface area contributed by atoms with Crippen molar-refractivity contribution in [1.82, 2.24) is 10.5 Å². The van der Waals surface area contributed by atoms with Crippen LogP contribution >= 0.6 is 15.9 Å². The Labute approximate surface area is 142 Å². The first-order chi connectivity index (χ1) is 11.2. The number of benzene rings is 1. The summed E-state index contributed by atoms with van der Waals surface area (Å²) in [7, 11) is 0. The van der Waals surface area contributed by atoms with Gasteiger partial charge in [-0.2, -0.15) is 0 Å². The number of anilines is 1. The van der Waals surface area contributed by atoms with Crippen LogP contribution in [0.2, 0.25) is 0 Å². The van der Waals surface area contributed by atoms with Crippen LogP contribution in [0.15, 0.2) is 27.3 Å². The van der Waals surface area contributed by atoms with E-state index in [2.05, 4.69) is 26.4 Å². The van der Waals surface area contributed by atoms with Crippen molar-refractivity contribution in [1.29, 1.82) is 0 Å². The van der Waals surface area contributed by atoms with Crippen molar-refractivity contribution in [2.24, 2.45) is 0 Å². The van der Waals surface area contributed by atoms with Gasteiger partial charge >= 0.3 is 0 Å². The molecule has 1 fully saturated rings. The number of rotatable bonds is 5. The standard InChI is InChI=1S/C16H18BrF2N3O/c17-13-8-14(18)15(19)16(22-6-2-1-3-7-22)12(13)10-20-9-11-4-5-21-23-11/h4-5,8,20H,1-3,6-7,9-10H2. The number of piperidine rings is 1. The molecule has 2 aromatic rings. The van der Waals surface area contributed by atoms with Crippen molar-refractivity contribution in [3.05, 3.63) is 45.8 Å². The average Bonchev–Trinajstić information content (AvgIpc) is 3.06. The highest BCUT2D eigenvalue weighted by molar-refractivity contribution is 9.10. The van der Waals surface area contributed by atoms with Crippen LogP contribution in [0.5, 0.6) is 0 Å². The van der Waals surface area contributed by atoms with E-state index in [1.807, 2.05) is 4.90 Å². The minimum absolute atomic E-state index is 0.363. The lowest BCUT2D eigenvalue weighted by Crippen LogP contribution is -2.32. The molecule has 124 valence electrons. The molecular formula is C16H18BrF2N3O. The predicted molar refractivity (Wildman–Crippen MR) is 87.2 cm³/mol. The van der Waals surface area contributed by atoms with E-state index in [-0.39, 0.29) is 0 Å². The molecule has 4 nitrogen and oxygen atoms in total. The summed E-state index contributed by atoms with van der Waals surface area (Å²) in [4.78, 5) is 1.94. The molecule has 0 saturated carbocycles. The SMILES string of the molecule is Fc1cc(Br)c(CNCc2ccno2)c(N2CCCCC2)c1F. The molecule has 1 aliphatic heterocycles. The zero-order valence-corrected chi connectivity index (χ0v) is 14.2. The molecule has 0 spiro atoms. The molecule has 0 unspecified atom stereocenters. The Hall–Kier alpha value is -1.47. The molecule has 2 heterocycles. The van der Waals surface area contributed by atoms with E-state index in [0.29, 0.717) is 29.0 Å². The summed E-state index contributed by atoms with van der Waals surface area (Å²) < 4.78 is 33.9. The van der Waals surface area contributed by atoms with E-state index < -0.39 is 11.6 Å². The summed E-state index contributed by atoms with van der Waals surface area (Å²) >= 11 is 3.37. The normalized spacial score (nSPS) is 15.2. The van der Waals surface area contributed by atoms with Gasteiger partial charge in [0.2, 0.25) is 0 Å². The molecule has 0 aliphatic carbocycles. The lowest BCUT2D eigenvalue weighted by atomic mass is 10.1. The van der Waals surface area contributed by atoms with Crippen molar-refractivity contribution in [3.63, 3.8) is 0 Å². The van der Waals surface area contributed by atoms with E-state index >= 15 is 0 Å². The molecule has 0 amide bonds. The molecule has 1 aliphatic rings. The van der Waals surface area contributed by atoms with Crippen molar-refractivity contribution < 1.29 is 13.3 Å². The van der Waals surface area contributed by atoms with Gasteiger partial charge in [0.1, 0.15) is 5.76 Å². The fourth-order valence-corrected chi connectivity index (χ4v) is 3.41. The Morgan fingerprint density at radius 1 is 1.22 bits per heavy atom. The van der Waals surface area contributed by atoms with Gasteiger partial charge in [-0.1, -0.05) is 21.1 Å². The van der Waals surface area contributed by atoms with Gasteiger partial charge in [-0.3, -0.25) is 0 Å². The molecule has 1 aromatic heterocycles. The Bertz CT molecular complexity index is 658. The molecule has 1 N–H and O–H groups in total. The van der Waals surface area contributed by atoms with Gasteiger partial charge < -0.3 is 14.7 Å². The zero-order valence-electron chi connectivity index (χ0n) is 12.6. The van der Waals surface area contributed by atoms with E-state index in [0.717, 1.165) is 37.9 Å². The summed E-state index contributed by atoms with van der Waals surface area (Å²) in [5.74, 6) is -0.897. The molecular weight excluding hydrogens is 368 g/mol. The minimum atomic E-state index is -0.823. The molecule has 0 bridgehead atoms. The number of aromatic nitrogens is 1. The third-order valence-corrected chi connectivity index (χ3v) is 4.72. The molecule has 3 rings (SSSR count). The van der Waals surface area contributed by atoms with Crippen LogP contribution < -0.4 is 10.2 Å². The Morgan fingerprint density at radius 3 is 2.70 bits per heavy atom. The molecule has 0 atom stereocenters. The van der Waals surface area contributed by atoms with Crippen LogP contribution in [0.3, 0.4) is 0 Å². The minimum Gasteiger partial charge on any atom is -0.369 e. The largest absolute Gasteiger partial charge is 0.369 e. The first-order valence-corrected chi connectivity index (χ1v) is 8.47. The van der Waals surface area contributed by atoms with Crippen LogP contribution in [0.4, 0.5) is 14.5 Å². The van der Waals surface area contributed by atoms with Crippen LogP contribution in [-0.2, 0) is 13.1 Å². The second kappa shape index (κ2) is 7.40. The van der Waals surface area contributed by atoms with Gasteiger partial charge in [-0.05, 0) is 25.3 Å². The summed E-state index contributed by atoms with van der Waals surface area (Å²) in [5.41, 5.74) is 1.09. The predicted octanol–water partition coefficient (Wildman–Crippen LogP) is 4.00. The fraction of sp³-hybridized carbons (Fsp3) is 0.438. The quantitative estimate of drug-likeness (QED) is 0.789. The second-order valence-electron chi connectivity index (χ2n) is 5.61. The molecule has 1 aromatic carbocycles. The van der Waals surface area contributed by atoms with Gasteiger partial charge in [0.05, 0.1) is 18.4 Å². The van der Waals surface area contributed by atoms with Crippen molar-refractivity contribution >= 4 is 21.6 Å². The third-order valence-electron chi connectivity index (χ3n) is 4.01. The topological polar surface area (TPSA) is 41.3 Å². The molecule has 23 heavy (non-hydrogen) atoms. The number of halogens is 3. The van der Waals surface area contributed by atoms with Gasteiger partial charge in [0, 0.05) is 35.7 Å². The van der Waals surface area contributed by atoms with Gasteiger partial charge in [-0.15, -0.1) is 0 Å². The van der Waals surface area contributed by atoms with Gasteiger partial charge in [0.15, 0.2) is 11.6 Å². The lowest BCUT2D eigenvalue weighted by molar-refractivity contribution is 0.372. The van der Waals surface area contributed by atoms with Crippen LogP contribution in [-0.4, -0.2) is 18.2 Å². The maximum absolute atomic E-state index is 14.4. The Kier molecular flexibility index (Phi) is 5.27. The summed E-state index contributed by atoms with van der Waals surface area (Å²) in [5, 5.41) is 6.83. The maximum atomic E-state index is 14.4. The van der Waals surface area contributed by atoms with Crippen molar-refractivity contribution in [2.75, 3.05) is 18.0 Å². The lowest BCUT2D eigenvalue weighted by Gasteiger charge is -2.31. The first-order valence-electron chi connectivity index (χ1n) is 7.68. The number of nitrogens with one attached hydrogen (secondary N) is 1. The average molecular weight is 386 g/mol. The van der Waals surface area contributed by atoms with Crippen molar-refractivity contribution in [3.8, 4) is 0 Å². The summed E-state index contributed by atoms with van der Waals surface area (Å²) in [6.45, 7) is 2.39. The van der Waals surface area contributed by atoms with Gasteiger partial charge in [-0.25, -0.2) is 8.78 Å². The smallest absolute Gasteiger partial charge is 0.182 e. The van der Waals surface area contributed by atoms with Crippen LogP contribution in [0.1, 0.15) is 30.6 Å². The van der Waals surface area contributed by atoms with E-state index in [1.165, 1.54) is 6.07 Å². The molecule has 1 saturated heterocycles. The van der Waals surface area contributed by atoms with Crippen molar-refractivity contribution in [2.45, 2.75) is 32.4 Å². The number of nitrogens with zero attached hydrogens (tertiary/aromatic N) is 2.